The van der Waals surface area contributed by atoms with E-state index in [0.29, 0.717) is 22.9 Å². The molecule has 0 bridgehead atoms. The molecule has 0 aliphatic carbocycles. The number of amides is 1. The van der Waals surface area contributed by atoms with Crippen molar-refractivity contribution in [2.75, 3.05) is 37.3 Å². The van der Waals surface area contributed by atoms with Crippen LogP contribution in [0, 0.1) is 5.82 Å². The third kappa shape index (κ3) is 4.42. The molecule has 12 heteroatoms. The molecule has 1 amide bonds. The monoisotopic (exact) mass is 473 g/mol. The van der Waals surface area contributed by atoms with Crippen molar-refractivity contribution < 1.29 is 32.2 Å². The summed E-state index contributed by atoms with van der Waals surface area (Å²) < 4.78 is 58.7. The zero-order valence-electron chi connectivity index (χ0n) is 21.6. The molecule has 1 aromatic carbocycles. The van der Waals surface area contributed by atoms with E-state index in [1.54, 1.807) is 12.1 Å². The average Bonchev–Trinajstić information content (AvgIpc) is 2.85. The lowest BCUT2D eigenvalue weighted by Gasteiger charge is -2.30. The van der Waals surface area contributed by atoms with E-state index in [4.69, 9.17) is 23.1 Å². The molecule has 0 spiro atoms. The number of nitrogens with one attached hydrogen (secondary N) is 3. The SMILES string of the molecule is [2H]C([2H])([2H])C1(C)Oc2ccc(Nc3nc(Nc4cc(OC)c(OC)c(OC)c4)ncc3F)nc2NC1=O. The molecule has 4 rings (SSSR count). The van der Waals surface area contributed by atoms with Gasteiger partial charge in [0.2, 0.25) is 11.7 Å². The molecule has 1 aliphatic heterocycles. The third-order valence-corrected chi connectivity index (χ3v) is 4.75. The number of fused-ring (bicyclic) bond motifs is 1. The first-order valence-electron chi connectivity index (χ1n) is 11.4. The maximum atomic E-state index is 14.5. The second-order valence-electron chi connectivity index (χ2n) is 7.19. The number of aromatic nitrogens is 3. The minimum absolute atomic E-state index is 0.0260. The highest BCUT2D eigenvalue weighted by molar-refractivity contribution is 5.99. The smallest absolute Gasteiger partial charge is 0.269 e. The zero-order chi connectivity index (χ0) is 27.0. The van der Waals surface area contributed by atoms with E-state index >= 15 is 0 Å². The Hall–Kier alpha value is -4.35. The predicted octanol–water partition coefficient (Wildman–Crippen LogP) is 3.63. The van der Waals surface area contributed by atoms with Crippen molar-refractivity contribution in [2.24, 2.45) is 0 Å². The lowest BCUT2D eigenvalue weighted by Crippen LogP contribution is -2.46. The fourth-order valence-corrected chi connectivity index (χ4v) is 3.10. The topological polar surface area (TPSA) is 129 Å². The molecule has 1 aliphatic rings. The van der Waals surface area contributed by atoms with Gasteiger partial charge in [0.1, 0.15) is 5.82 Å². The number of ether oxygens (including phenoxy) is 4. The van der Waals surface area contributed by atoms with Gasteiger partial charge in [0.25, 0.3) is 5.91 Å². The van der Waals surface area contributed by atoms with Crippen molar-refractivity contribution in [3.05, 3.63) is 36.3 Å². The number of carbonyl (C=O) groups is 1. The van der Waals surface area contributed by atoms with Crippen LogP contribution in [-0.4, -0.2) is 47.8 Å². The molecule has 3 aromatic rings. The number of rotatable bonds is 7. The normalized spacial score (nSPS) is 18.3. The number of methoxy groups -OCH3 is 3. The fourth-order valence-electron chi connectivity index (χ4n) is 3.10. The minimum Gasteiger partial charge on any atom is -0.493 e. The lowest BCUT2D eigenvalue weighted by atomic mass is 10.1. The molecule has 11 nitrogen and oxygen atoms in total. The van der Waals surface area contributed by atoms with Gasteiger partial charge in [-0.25, -0.2) is 14.4 Å². The van der Waals surface area contributed by atoms with Crippen LogP contribution in [0.15, 0.2) is 30.5 Å². The number of anilines is 5. The van der Waals surface area contributed by atoms with Crippen LogP contribution in [0.4, 0.5) is 33.5 Å². The molecule has 2 aromatic heterocycles. The van der Waals surface area contributed by atoms with Crippen molar-refractivity contribution in [1.82, 2.24) is 15.0 Å². The first-order chi connectivity index (χ1) is 17.5. The molecule has 1 atom stereocenters. The van der Waals surface area contributed by atoms with Crippen LogP contribution in [0.3, 0.4) is 0 Å². The van der Waals surface area contributed by atoms with Crippen LogP contribution in [-0.2, 0) is 4.79 Å². The van der Waals surface area contributed by atoms with E-state index in [1.165, 1.54) is 40.4 Å². The summed E-state index contributed by atoms with van der Waals surface area (Å²) in [5.74, 6) is -0.514. The Kier molecular flexibility index (Phi) is 5.00. The van der Waals surface area contributed by atoms with Crippen LogP contribution in [0.1, 0.15) is 17.9 Å². The van der Waals surface area contributed by atoms with Gasteiger partial charge in [-0.2, -0.15) is 4.98 Å². The lowest BCUT2D eigenvalue weighted by molar-refractivity contribution is -0.129. The maximum absolute atomic E-state index is 14.5. The highest BCUT2D eigenvalue weighted by atomic mass is 19.1. The Morgan fingerprint density at radius 3 is 2.50 bits per heavy atom. The van der Waals surface area contributed by atoms with Crippen LogP contribution >= 0.6 is 0 Å². The van der Waals surface area contributed by atoms with Crippen molar-refractivity contribution in [3.63, 3.8) is 0 Å². The Labute approximate surface area is 198 Å². The number of halogens is 1. The second-order valence-corrected chi connectivity index (χ2v) is 7.19. The van der Waals surface area contributed by atoms with Gasteiger partial charge in [-0.05, 0) is 25.9 Å². The summed E-state index contributed by atoms with van der Waals surface area (Å²) in [7, 11) is 4.42. The molecule has 0 fully saturated rings. The highest BCUT2D eigenvalue weighted by Gasteiger charge is 2.36. The van der Waals surface area contributed by atoms with Crippen LogP contribution in [0.2, 0.25) is 0 Å². The molecule has 0 saturated carbocycles. The zero-order valence-corrected chi connectivity index (χ0v) is 18.6. The molecule has 0 saturated heterocycles. The summed E-state index contributed by atoms with van der Waals surface area (Å²) in [5.41, 5.74) is -1.60. The van der Waals surface area contributed by atoms with Crippen molar-refractivity contribution in [3.8, 4) is 23.0 Å². The van der Waals surface area contributed by atoms with Gasteiger partial charge >= 0.3 is 0 Å². The van der Waals surface area contributed by atoms with E-state index in [9.17, 15) is 9.18 Å². The molecule has 3 N–H and O–H groups in total. The van der Waals surface area contributed by atoms with Crippen LogP contribution < -0.4 is 34.9 Å². The van der Waals surface area contributed by atoms with E-state index in [0.717, 1.165) is 6.20 Å². The molecule has 34 heavy (non-hydrogen) atoms. The number of nitrogens with zero attached hydrogens (tertiary/aromatic N) is 3. The van der Waals surface area contributed by atoms with Gasteiger partial charge in [0, 0.05) is 21.9 Å². The van der Waals surface area contributed by atoms with Gasteiger partial charge in [0.05, 0.1) is 27.5 Å². The largest absolute Gasteiger partial charge is 0.493 e. The van der Waals surface area contributed by atoms with Crippen molar-refractivity contribution in [2.45, 2.75) is 19.4 Å². The number of pyridine rings is 1. The summed E-state index contributed by atoms with van der Waals surface area (Å²) in [4.78, 5) is 24.7. The van der Waals surface area contributed by atoms with Crippen LogP contribution in [0.25, 0.3) is 0 Å². The quantitative estimate of drug-likeness (QED) is 0.468. The first-order valence-corrected chi connectivity index (χ1v) is 9.87. The van der Waals surface area contributed by atoms with Gasteiger partial charge in [-0.1, -0.05) is 0 Å². The molecule has 1 unspecified atom stereocenters. The maximum Gasteiger partial charge on any atom is 0.269 e. The van der Waals surface area contributed by atoms with Gasteiger partial charge in [-0.3, -0.25) is 4.79 Å². The third-order valence-electron chi connectivity index (χ3n) is 4.75. The molecule has 3 heterocycles. The Morgan fingerprint density at radius 1 is 1.12 bits per heavy atom. The van der Waals surface area contributed by atoms with Gasteiger partial charge < -0.3 is 34.9 Å². The van der Waals surface area contributed by atoms with Crippen molar-refractivity contribution >= 4 is 35.0 Å². The highest BCUT2D eigenvalue weighted by Crippen LogP contribution is 2.40. The first kappa shape index (κ1) is 19.1. The van der Waals surface area contributed by atoms with Crippen LogP contribution in [0.5, 0.6) is 23.0 Å². The molecular formula is C22H23FN6O5. The minimum atomic E-state index is -2.71. The number of benzene rings is 1. The average molecular weight is 473 g/mol. The Balaban J connectivity index is 1.58. The van der Waals surface area contributed by atoms with E-state index < -0.39 is 24.2 Å². The number of hydrogen-bond donors (Lipinski definition) is 3. The molecule has 178 valence electrons. The summed E-state index contributed by atoms with van der Waals surface area (Å²) >= 11 is 0. The Morgan fingerprint density at radius 2 is 1.85 bits per heavy atom. The molecular weight excluding hydrogens is 447 g/mol. The molecule has 0 radical (unpaired) electrons. The van der Waals surface area contributed by atoms with E-state index in [1.807, 2.05) is 0 Å². The summed E-state index contributed by atoms with van der Waals surface area (Å²) in [6.07, 6.45) is 0.959. The van der Waals surface area contributed by atoms with Crippen molar-refractivity contribution in [1.29, 1.82) is 0 Å². The van der Waals surface area contributed by atoms with E-state index in [2.05, 4.69) is 30.9 Å². The number of carbonyl (C=O) groups excluding carboxylic acids is 1. The summed E-state index contributed by atoms with van der Waals surface area (Å²) in [6.45, 7) is -1.54. The second kappa shape index (κ2) is 8.89. The van der Waals surface area contributed by atoms with E-state index in [-0.39, 0.29) is 29.2 Å². The standard InChI is InChI=1S/C22H23FN6O5/c1-22(2)20(30)28-19-13(34-22)6-7-16(27-19)26-18-12(23)10-24-21(29-18)25-11-8-14(31-3)17(33-5)15(9-11)32-4/h6-10H,1-5H3,(H3,24,25,26,27,28,29,30)/i1D3. The fraction of sp³-hybridized carbons (Fsp3) is 0.273. The van der Waals surface area contributed by atoms with Gasteiger partial charge in [-0.15, -0.1) is 0 Å². The number of hydrogen-bond acceptors (Lipinski definition) is 10. The summed E-state index contributed by atoms with van der Waals surface area (Å²) in [5, 5.41) is 8.08. The predicted molar refractivity (Wildman–Crippen MR) is 122 cm³/mol. The summed E-state index contributed by atoms with van der Waals surface area (Å²) in [6, 6.07) is 6.08. The van der Waals surface area contributed by atoms with Gasteiger partial charge in [0.15, 0.2) is 40.3 Å². The Bertz CT molecular complexity index is 1330.